The van der Waals surface area contributed by atoms with E-state index in [2.05, 4.69) is 10.0 Å². The largest absolute Gasteiger partial charge is 0.493 e. The molecular formula is C25H24N2O5S2. The van der Waals surface area contributed by atoms with Gasteiger partial charge >= 0.3 is 0 Å². The Labute approximate surface area is 202 Å². The predicted molar refractivity (Wildman–Crippen MR) is 135 cm³/mol. The van der Waals surface area contributed by atoms with Crippen LogP contribution in [-0.4, -0.2) is 35.1 Å². The number of ether oxygens (including phenoxy) is 2. The summed E-state index contributed by atoms with van der Waals surface area (Å²) in [6, 6.07) is 19.7. The zero-order chi connectivity index (χ0) is 24.1. The molecule has 9 heteroatoms. The van der Waals surface area contributed by atoms with Crippen LogP contribution in [-0.2, 0) is 16.4 Å². The summed E-state index contributed by atoms with van der Waals surface area (Å²) in [6.07, 6.45) is 0.565. The molecular weight excluding hydrogens is 472 g/mol. The first-order chi connectivity index (χ1) is 16.4. The highest BCUT2D eigenvalue weighted by Crippen LogP contribution is 2.29. The second kappa shape index (κ2) is 10.1. The maximum absolute atomic E-state index is 13.1. The molecule has 0 saturated heterocycles. The van der Waals surface area contributed by atoms with Crippen LogP contribution in [0.15, 0.2) is 76.3 Å². The van der Waals surface area contributed by atoms with E-state index in [1.165, 1.54) is 6.07 Å². The van der Waals surface area contributed by atoms with Gasteiger partial charge in [-0.1, -0.05) is 36.4 Å². The molecule has 176 valence electrons. The van der Waals surface area contributed by atoms with Crippen molar-refractivity contribution >= 4 is 43.7 Å². The number of rotatable bonds is 9. The van der Waals surface area contributed by atoms with Crippen LogP contribution >= 0.6 is 11.3 Å². The van der Waals surface area contributed by atoms with Gasteiger partial charge < -0.3 is 14.8 Å². The average molecular weight is 497 g/mol. The molecule has 3 aromatic carbocycles. The molecule has 0 radical (unpaired) electrons. The molecule has 0 aliphatic rings. The van der Waals surface area contributed by atoms with Crippen LogP contribution < -0.4 is 19.5 Å². The number of anilines is 1. The van der Waals surface area contributed by atoms with E-state index in [0.717, 1.165) is 27.7 Å². The van der Waals surface area contributed by atoms with Crippen LogP contribution in [0.1, 0.15) is 15.9 Å². The number of carbonyl (C=O) groups is 1. The Hall–Kier alpha value is -3.56. The lowest BCUT2D eigenvalue weighted by molar-refractivity contribution is 0.0955. The third kappa shape index (κ3) is 5.16. The Morgan fingerprint density at radius 2 is 1.65 bits per heavy atom. The third-order valence-electron chi connectivity index (χ3n) is 5.28. The normalized spacial score (nSPS) is 11.2. The van der Waals surface area contributed by atoms with Crippen LogP contribution in [0.4, 0.5) is 5.69 Å². The second-order valence-corrected chi connectivity index (χ2v) is 10.3. The van der Waals surface area contributed by atoms with Gasteiger partial charge in [-0.25, -0.2) is 8.42 Å². The molecule has 1 aromatic heterocycles. The summed E-state index contributed by atoms with van der Waals surface area (Å²) in [6.45, 7) is 0.359. The molecule has 1 heterocycles. The van der Waals surface area contributed by atoms with E-state index in [1.807, 2.05) is 42.5 Å². The fraction of sp³-hybridized carbons (Fsp3) is 0.160. The fourth-order valence-corrected chi connectivity index (χ4v) is 5.64. The van der Waals surface area contributed by atoms with Gasteiger partial charge in [-0.15, -0.1) is 11.3 Å². The van der Waals surface area contributed by atoms with Gasteiger partial charge in [0.15, 0.2) is 11.5 Å². The quantitative estimate of drug-likeness (QED) is 0.351. The Morgan fingerprint density at radius 1 is 0.912 bits per heavy atom. The van der Waals surface area contributed by atoms with Crippen LogP contribution in [0.2, 0.25) is 0 Å². The molecule has 4 rings (SSSR count). The lowest BCUT2D eigenvalue weighted by Gasteiger charge is -2.14. The Bertz CT molecular complexity index is 1420. The summed E-state index contributed by atoms with van der Waals surface area (Å²) in [7, 11) is -0.663. The summed E-state index contributed by atoms with van der Waals surface area (Å²) in [5.74, 6) is 0.885. The van der Waals surface area contributed by atoms with E-state index < -0.39 is 10.0 Å². The number of benzene rings is 3. The number of hydrogen-bond donors (Lipinski definition) is 2. The van der Waals surface area contributed by atoms with Gasteiger partial charge in [0.1, 0.15) is 4.21 Å². The molecule has 0 fully saturated rings. The molecule has 0 saturated carbocycles. The van der Waals surface area contributed by atoms with Crippen molar-refractivity contribution < 1.29 is 22.7 Å². The number of amides is 1. The van der Waals surface area contributed by atoms with E-state index in [-0.39, 0.29) is 21.4 Å². The zero-order valence-corrected chi connectivity index (χ0v) is 20.3. The second-order valence-electron chi connectivity index (χ2n) is 7.48. The number of fused-ring (bicyclic) bond motifs is 1. The molecule has 0 spiro atoms. The molecule has 0 aliphatic heterocycles. The monoisotopic (exact) mass is 496 g/mol. The zero-order valence-electron chi connectivity index (χ0n) is 18.7. The minimum absolute atomic E-state index is 0.181. The third-order valence-corrected chi connectivity index (χ3v) is 8.04. The molecule has 0 atom stereocenters. The van der Waals surface area contributed by atoms with Gasteiger partial charge in [-0.2, -0.15) is 0 Å². The van der Waals surface area contributed by atoms with Crippen molar-refractivity contribution in [2.45, 2.75) is 10.6 Å². The Kier molecular flexibility index (Phi) is 7.04. The van der Waals surface area contributed by atoms with E-state index in [4.69, 9.17) is 9.47 Å². The van der Waals surface area contributed by atoms with Crippen LogP contribution in [0.3, 0.4) is 0 Å². The maximum Gasteiger partial charge on any atom is 0.271 e. The van der Waals surface area contributed by atoms with Crippen molar-refractivity contribution in [1.82, 2.24) is 5.32 Å². The highest BCUT2D eigenvalue weighted by Gasteiger charge is 2.20. The smallest absolute Gasteiger partial charge is 0.271 e. The summed E-state index contributed by atoms with van der Waals surface area (Å²) in [5.41, 5.74) is 1.46. The van der Waals surface area contributed by atoms with Crippen LogP contribution in [0.5, 0.6) is 11.5 Å². The first-order valence-electron chi connectivity index (χ1n) is 10.5. The number of methoxy groups -OCH3 is 2. The van der Waals surface area contributed by atoms with E-state index in [1.54, 1.807) is 37.8 Å². The molecule has 2 N–H and O–H groups in total. The molecule has 0 unspecified atom stereocenters. The molecule has 34 heavy (non-hydrogen) atoms. The fourth-order valence-electron chi connectivity index (χ4n) is 3.58. The number of hydrogen-bond acceptors (Lipinski definition) is 6. The lowest BCUT2D eigenvalue weighted by atomic mass is 10.0. The molecule has 0 aliphatic carbocycles. The van der Waals surface area contributed by atoms with Gasteiger partial charge in [0.2, 0.25) is 0 Å². The average Bonchev–Trinajstić information content (AvgIpc) is 3.39. The number of thiophene rings is 1. The first kappa shape index (κ1) is 23.6. The van der Waals surface area contributed by atoms with E-state index in [9.17, 15) is 13.2 Å². The van der Waals surface area contributed by atoms with Gasteiger partial charge in [0.25, 0.3) is 15.9 Å². The summed E-state index contributed by atoms with van der Waals surface area (Å²) in [4.78, 5) is 13.1. The lowest BCUT2D eigenvalue weighted by Crippen LogP contribution is -2.27. The van der Waals surface area contributed by atoms with E-state index >= 15 is 0 Å². The van der Waals surface area contributed by atoms with E-state index in [0.29, 0.717) is 24.5 Å². The number of nitrogens with one attached hydrogen (secondary N) is 2. The minimum Gasteiger partial charge on any atom is -0.493 e. The maximum atomic E-state index is 13.1. The summed E-state index contributed by atoms with van der Waals surface area (Å²) >= 11 is 1.11. The SMILES string of the molecule is COc1ccc(CCNC(=O)c2cc3ccccc3cc2NS(=O)(=O)c2cccs2)cc1OC. The summed E-state index contributed by atoms with van der Waals surface area (Å²) < 4.78 is 39.0. The van der Waals surface area contributed by atoms with Gasteiger partial charge in [-0.3, -0.25) is 9.52 Å². The first-order valence-corrected chi connectivity index (χ1v) is 12.9. The highest BCUT2D eigenvalue weighted by molar-refractivity contribution is 7.94. The van der Waals surface area contributed by atoms with Crippen molar-refractivity contribution in [2.24, 2.45) is 0 Å². The predicted octanol–water partition coefficient (Wildman–Crippen LogP) is 4.69. The highest BCUT2D eigenvalue weighted by atomic mass is 32.2. The van der Waals surface area contributed by atoms with Crippen molar-refractivity contribution in [3.8, 4) is 11.5 Å². The number of carbonyl (C=O) groups excluding carboxylic acids is 1. The van der Waals surface area contributed by atoms with Crippen molar-refractivity contribution in [2.75, 3.05) is 25.5 Å². The van der Waals surface area contributed by atoms with Gasteiger partial charge in [0.05, 0.1) is 25.5 Å². The molecule has 4 aromatic rings. The van der Waals surface area contributed by atoms with Gasteiger partial charge in [0, 0.05) is 6.54 Å². The minimum atomic E-state index is -3.81. The summed E-state index contributed by atoms with van der Waals surface area (Å²) in [5, 5.41) is 6.25. The number of sulfonamides is 1. The van der Waals surface area contributed by atoms with Crippen LogP contribution in [0.25, 0.3) is 10.8 Å². The van der Waals surface area contributed by atoms with Crippen molar-refractivity contribution in [3.63, 3.8) is 0 Å². The van der Waals surface area contributed by atoms with Crippen LogP contribution in [0, 0.1) is 0 Å². The molecule has 1 amide bonds. The molecule has 0 bridgehead atoms. The van der Waals surface area contributed by atoms with Crippen molar-refractivity contribution in [3.05, 3.63) is 83.2 Å². The standard InChI is InChI=1S/C25H24N2O5S2/c1-31-22-10-9-17(14-23(22)32-2)11-12-26-25(28)20-15-18-6-3-4-7-19(18)16-21(20)27-34(29,30)24-8-5-13-33-24/h3-10,13-16,27H,11-12H2,1-2H3,(H,26,28). The Morgan fingerprint density at radius 3 is 2.32 bits per heavy atom. The van der Waals surface area contributed by atoms with Crippen molar-refractivity contribution in [1.29, 1.82) is 0 Å². The van der Waals surface area contributed by atoms with Gasteiger partial charge in [-0.05, 0) is 58.5 Å². The topological polar surface area (TPSA) is 93.7 Å². The molecule has 7 nitrogen and oxygen atoms in total. The Balaban J connectivity index is 1.56.